The molecule has 1 heterocycles. The Bertz CT molecular complexity index is 417. The molecular weight excluding hydrogens is 256 g/mol. The molecule has 1 aliphatic carbocycles. The van der Waals surface area contributed by atoms with E-state index in [1.54, 1.807) is 4.90 Å². The monoisotopic (exact) mass is 282 g/mol. The van der Waals surface area contributed by atoms with Gasteiger partial charge in [0.15, 0.2) is 0 Å². The van der Waals surface area contributed by atoms with Crippen LogP contribution in [0.25, 0.3) is 0 Å². The number of likely N-dealkylation sites (tertiary alicyclic amines) is 1. The second-order valence-corrected chi connectivity index (χ2v) is 7.51. The summed E-state index contributed by atoms with van der Waals surface area (Å²) in [7, 11) is 0. The number of aliphatic carboxylic acids is 1. The minimum atomic E-state index is -0.808. The van der Waals surface area contributed by atoms with Gasteiger partial charge in [0.25, 0.3) is 0 Å². The van der Waals surface area contributed by atoms with Crippen molar-refractivity contribution in [2.45, 2.75) is 34.6 Å². The van der Waals surface area contributed by atoms with Crippen LogP contribution in [0.15, 0.2) is 0 Å². The van der Waals surface area contributed by atoms with Crippen molar-refractivity contribution in [2.75, 3.05) is 19.6 Å². The van der Waals surface area contributed by atoms with Gasteiger partial charge in [0, 0.05) is 19.6 Å². The van der Waals surface area contributed by atoms with Gasteiger partial charge in [0.05, 0.1) is 5.92 Å². The van der Waals surface area contributed by atoms with Crippen LogP contribution in [-0.2, 0) is 4.79 Å². The smallest absolute Gasteiger partial charge is 0.317 e. The van der Waals surface area contributed by atoms with Crippen LogP contribution in [0.1, 0.15) is 34.6 Å². The van der Waals surface area contributed by atoms with Gasteiger partial charge in [0.2, 0.25) is 0 Å². The van der Waals surface area contributed by atoms with E-state index < -0.39 is 11.9 Å². The van der Waals surface area contributed by atoms with Crippen LogP contribution in [0.4, 0.5) is 4.79 Å². The summed E-state index contributed by atoms with van der Waals surface area (Å²) in [6.45, 7) is 12.3. The molecule has 1 saturated heterocycles. The van der Waals surface area contributed by atoms with Crippen LogP contribution in [0.3, 0.4) is 0 Å². The molecular formula is C15H26N2O3. The van der Waals surface area contributed by atoms with Gasteiger partial charge in [-0.2, -0.15) is 0 Å². The fourth-order valence-electron chi connectivity index (χ4n) is 3.60. The van der Waals surface area contributed by atoms with Crippen molar-refractivity contribution in [1.82, 2.24) is 10.2 Å². The predicted molar refractivity (Wildman–Crippen MR) is 76.3 cm³/mol. The molecule has 5 nitrogen and oxygen atoms in total. The van der Waals surface area contributed by atoms with Crippen molar-refractivity contribution in [2.24, 2.45) is 28.6 Å². The van der Waals surface area contributed by atoms with E-state index in [1.807, 2.05) is 6.92 Å². The van der Waals surface area contributed by atoms with E-state index in [2.05, 4.69) is 33.0 Å². The molecule has 0 unspecified atom stereocenters. The molecule has 20 heavy (non-hydrogen) atoms. The minimum Gasteiger partial charge on any atom is -0.481 e. The number of carbonyl (C=O) groups excluding carboxylic acids is 1. The molecule has 0 radical (unpaired) electrons. The molecule has 0 aromatic carbocycles. The lowest BCUT2D eigenvalue weighted by atomic mass is 9.99. The lowest BCUT2D eigenvalue weighted by Gasteiger charge is -2.17. The van der Waals surface area contributed by atoms with Crippen LogP contribution in [0, 0.1) is 28.6 Å². The highest BCUT2D eigenvalue weighted by atomic mass is 16.4. The number of carboxylic acid groups (broad SMARTS) is 1. The van der Waals surface area contributed by atoms with E-state index in [0.717, 1.165) is 0 Å². The Hall–Kier alpha value is -1.26. The van der Waals surface area contributed by atoms with Gasteiger partial charge in [-0.05, 0) is 22.7 Å². The summed E-state index contributed by atoms with van der Waals surface area (Å²) in [6, 6.07) is -0.126. The molecule has 2 aliphatic rings. The summed E-state index contributed by atoms with van der Waals surface area (Å²) in [4.78, 5) is 24.8. The fraction of sp³-hybridized carbons (Fsp3) is 0.867. The van der Waals surface area contributed by atoms with Crippen LogP contribution < -0.4 is 5.32 Å². The molecule has 2 atom stereocenters. The summed E-state index contributed by atoms with van der Waals surface area (Å²) < 4.78 is 0. The van der Waals surface area contributed by atoms with E-state index in [1.165, 1.54) is 0 Å². The molecule has 1 saturated carbocycles. The van der Waals surface area contributed by atoms with Gasteiger partial charge in [-0.3, -0.25) is 4.79 Å². The zero-order valence-corrected chi connectivity index (χ0v) is 13.1. The summed E-state index contributed by atoms with van der Waals surface area (Å²) >= 11 is 0. The molecule has 114 valence electrons. The molecule has 5 heteroatoms. The normalized spacial score (nSPS) is 31.1. The summed E-state index contributed by atoms with van der Waals surface area (Å²) in [5.74, 6) is -0.742. The first-order chi connectivity index (χ1) is 9.09. The number of rotatable bonds is 3. The number of carboxylic acids is 1. The fourth-order valence-corrected chi connectivity index (χ4v) is 3.60. The lowest BCUT2D eigenvalue weighted by Crippen LogP contribution is -2.40. The molecule has 2 rings (SSSR count). The summed E-state index contributed by atoms with van der Waals surface area (Å²) in [6.07, 6.45) is 0. The zero-order chi connectivity index (χ0) is 15.3. The second-order valence-electron chi connectivity index (χ2n) is 7.51. The molecule has 2 N–H and O–H groups in total. The van der Waals surface area contributed by atoms with Crippen LogP contribution in [0.5, 0.6) is 0 Å². The molecule has 1 aliphatic heterocycles. The third kappa shape index (κ3) is 2.27. The van der Waals surface area contributed by atoms with Crippen LogP contribution in [0.2, 0.25) is 0 Å². The van der Waals surface area contributed by atoms with Crippen molar-refractivity contribution < 1.29 is 14.7 Å². The maximum atomic E-state index is 12.1. The molecule has 0 aromatic heterocycles. The number of nitrogens with zero attached hydrogens (tertiary/aromatic N) is 1. The van der Waals surface area contributed by atoms with Gasteiger partial charge in [-0.15, -0.1) is 0 Å². The maximum absolute atomic E-state index is 12.1. The molecule has 2 fully saturated rings. The Morgan fingerprint density at radius 1 is 1.20 bits per heavy atom. The first-order valence-corrected chi connectivity index (χ1v) is 7.34. The Morgan fingerprint density at radius 3 is 2.15 bits per heavy atom. The lowest BCUT2D eigenvalue weighted by molar-refractivity contribution is -0.142. The Balaban J connectivity index is 1.84. The Kier molecular flexibility index (Phi) is 3.51. The molecule has 2 amide bonds. The van der Waals surface area contributed by atoms with Crippen molar-refractivity contribution in [3.05, 3.63) is 0 Å². The maximum Gasteiger partial charge on any atom is 0.317 e. The van der Waals surface area contributed by atoms with Crippen LogP contribution in [-0.4, -0.2) is 41.6 Å². The first kappa shape index (κ1) is 15.1. The van der Waals surface area contributed by atoms with E-state index in [-0.39, 0.29) is 22.8 Å². The largest absolute Gasteiger partial charge is 0.481 e. The summed E-state index contributed by atoms with van der Waals surface area (Å²) in [5, 5.41) is 12.1. The van der Waals surface area contributed by atoms with E-state index in [4.69, 9.17) is 5.11 Å². The standard InChI is InChI=1S/C15H26N2O3/c1-9-7-17(8-10(9)12(18)19)13(20)16-6-11-14(2,3)15(11,4)5/h9-11H,6-8H2,1-5H3,(H,16,20)(H,18,19)/t9-,10-/m1/s1. The average molecular weight is 282 g/mol. The topological polar surface area (TPSA) is 69.6 Å². The molecule has 0 spiro atoms. The Labute approximate surface area is 120 Å². The number of urea groups is 1. The number of carbonyl (C=O) groups is 2. The van der Waals surface area contributed by atoms with Crippen molar-refractivity contribution in [3.63, 3.8) is 0 Å². The Morgan fingerprint density at radius 2 is 1.75 bits per heavy atom. The number of nitrogens with one attached hydrogen (secondary N) is 1. The van der Waals surface area contributed by atoms with Gasteiger partial charge < -0.3 is 15.3 Å². The number of hydrogen-bond donors (Lipinski definition) is 2. The van der Waals surface area contributed by atoms with Crippen LogP contribution >= 0.6 is 0 Å². The first-order valence-electron chi connectivity index (χ1n) is 7.34. The predicted octanol–water partition coefficient (Wildman–Crippen LogP) is 2.03. The second kappa shape index (κ2) is 4.64. The van der Waals surface area contributed by atoms with Crippen molar-refractivity contribution >= 4 is 12.0 Å². The van der Waals surface area contributed by atoms with Gasteiger partial charge in [-0.1, -0.05) is 34.6 Å². The van der Waals surface area contributed by atoms with E-state index in [9.17, 15) is 9.59 Å². The van der Waals surface area contributed by atoms with Gasteiger partial charge in [0.1, 0.15) is 0 Å². The average Bonchev–Trinajstić information content (AvgIpc) is 2.64. The third-order valence-corrected chi connectivity index (χ3v) is 5.99. The summed E-state index contributed by atoms with van der Waals surface area (Å²) in [5.41, 5.74) is 0.504. The highest BCUT2D eigenvalue weighted by Crippen LogP contribution is 2.67. The highest BCUT2D eigenvalue weighted by molar-refractivity contribution is 5.77. The van der Waals surface area contributed by atoms with Crippen molar-refractivity contribution in [3.8, 4) is 0 Å². The van der Waals surface area contributed by atoms with E-state index in [0.29, 0.717) is 25.6 Å². The SMILES string of the molecule is C[C@@H]1CN(C(=O)NCC2C(C)(C)C2(C)C)C[C@H]1C(=O)O. The quantitative estimate of drug-likeness (QED) is 0.832. The van der Waals surface area contributed by atoms with E-state index >= 15 is 0 Å². The van der Waals surface area contributed by atoms with Crippen molar-refractivity contribution in [1.29, 1.82) is 0 Å². The number of hydrogen-bond acceptors (Lipinski definition) is 2. The van der Waals surface area contributed by atoms with Gasteiger partial charge >= 0.3 is 12.0 Å². The van der Waals surface area contributed by atoms with Gasteiger partial charge in [-0.25, -0.2) is 4.79 Å². The molecule has 0 bridgehead atoms. The number of amides is 2. The highest BCUT2D eigenvalue weighted by Gasteiger charge is 2.64. The molecule has 0 aromatic rings. The third-order valence-electron chi connectivity index (χ3n) is 5.99. The zero-order valence-electron chi connectivity index (χ0n) is 13.1. The minimum absolute atomic E-state index is 0.0204.